The Bertz CT molecular complexity index is 1070. The first-order valence-electron chi connectivity index (χ1n) is 11.9. The van der Waals surface area contributed by atoms with Crippen molar-refractivity contribution in [3.05, 3.63) is 59.4 Å². The molecule has 35 heavy (non-hydrogen) atoms. The molecule has 0 aromatic heterocycles. The van der Waals surface area contributed by atoms with Crippen LogP contribution in [-0.2, 0) is 9.53 Å². The Balaban J connectivity index is 1.76. The maximum Gasteiger partial charge on any atom is 0.317 e. The number of rotatable bonds is 10. The Kier molecular flexibility index (Phi) is 7.83. The molecule has 2 unspecified atom stereocenters. The van der Waals surface area contributed by atoms with E-state index in [0.29, 0.717) is 12.5 Å². The molecule has 1 heterocycles. The molecule has 3 rings (SSSR count). The molecule has 1 saturated heterocycles. The highest BCUT2D eigenvalue weighted by molar-refractivity contribution is 5.88. The van der Waals surface area contributed by atoms with Crippen molar-refractivity contribution >= 4 is 29.6 Å². The predicted octanol–water partition coefficient (Wildman–Crippen LogP) is 5.69. The maximum absolute atomic E-state index is 13.2. The fraction of sp³-hybridized carbons (Fsp3) is 0.444. The summed E-state index contributed by atoms with van der Waals surface area (Å²) >= 11 is 0. The molecule has 2 aromatic carbocycles. The highest BCUT2D eigenvalue weighted by Crippen LogP contribution is 2.41. The lowest BCUT2D eigenvalue weighted by atomic mass is 9.71. The molecule has 1 aliphatic rings. The summed E-state index contributed by atoms with van der Waals surface area (Å²) in [6, 6.07) is 11.7. The molecule has 7 nitrogen and oxygen atoms in total. The van der Waals surface area contributed by atoms with Crippen LogP contribution in [0.5, 0.6) is 0 Å². The zero-order valence-corrected chi connectivity index (χ0v) is 21.0. The van der Waals surface area contributed by atoms with Crippen LogP contribution in [0.1, 0.15) is 64.5 Å². The van der Waals surface area contributed by atoms with Crippen LogP contribution < -0.4 is 16.0 Å². The van der Waals surface area contributed by atoms with Crippen LogP contribution in [0, 0.1) is 22.6 Å². The van der Waals surface area contributed by atoms with E-state index in [2.05, 4.69) is 43.6 Å². The van der Waals surface area contributed by atoms with Crippen molar-refractivity contribution in [2.45, 2.75) is 59.1 Å². The highest BCUT2D eigenvalue weighted by Gasteiger charge is 2.43. The average molecular weight is 483 g/mol. The van der Waals surface area contributed by atoms with Gasteiger partial charge in [0.05, 0.1) is 0 Å². The third-order valence-corrected chi connectivity index (χ3v) is 6.31. The monoisotopic (exact) mass is 482 g/mol. The normalized spacial score (nSPS) is 18.3. The second-order valence-electron chi connectivity index (χ2n) is 10.5. The number of hydrogen-bond donors (Lipinski definition) is 4. The molecule has 1 fully saturated rings. The van der Waals surface area contributed by atoms with Crippen LogP contribution in [0.15, 0.2) is 42.5 Å². The number of esters is 1. The average Bonchev–Trinajstić information content (AvgIpc) is 2.77. The molecule has 0 spiro atoms. The van der Waals surface area contributed by atoms with Crippen LogP contribution in [0.3, 0.4) is 0 Å². The van der Waals surface area contributed by atoms with Crippen molar-refractivity contribution in [2.75, 3.05) is 11.9 Å². The third kappa shape index (κ3) is 6.81. The summed E-state index contributed by atoms with van der Waals surface area (Å²) in [7, 11) is 0. The summed E-state index contributed by atoms with van der Waals surface area (Å²) in [6.07, 6.45) is 2.36. The summed E-state index contributed by atoms with van der Waals surface area (Å²) < 4.78 is 18.3. The first-order chi connectivity index (χ1) is 16.4. The quantitative estimate of drug-likeness (QED) is 0.258. The van der Waals surface area contributed by atoms with Gasteiger partial charge in [0.1, 0.15) is 12.2 Å². The Morgan fingerprint density at radius 1 is 1.23 bits per heavy atom. The number of hydrogen-bond acceptors (Lipinski definition) is 5. The lowest BCUT2D eigenvalue weighted by molar-refractivity contribution is -0.191. The number of amides is 2. The number of urea groups is 1. The van der Waals surface area contributed by atoms with E-state index in [1.165, 1.54) is 18.3 Å². The molecule has 188 valence electrons. The van der Waals surface area contributed by atoms with Crippen LogP contribution in [0.2, 0.25) is 0 Å². The van der Waals surface area contributed by atoms with E-state index in [1.807, 2.05) is 18.2 Å². The van der Waals surface area contributed by atoms with Gasteiger partial charge in [0.25, 0.3) is 0 Å². The molecule has 1 aliphatic heterocycles. The summed E-state index contributed by atoms with van der Waals surface area (Å²) in [4.78, 5) is 23.6. The number of anilines is 2. The van der Waals surface area contributed by atoms with Gasteiger partial charge in [-0.2, -0.15) is 0 Å². The molecular formula is C27H35FN4O3. The molecule has 0 saturated carbocycles. The second-order valence-corrected chi connectivity index (χ2v) is 10.5. The van der Waals surface area contributed by atoms with Crippen molar-refractivity contribution in [3.63, 3.8) is 0 Å². The van der Waals surface area contributed by atoms with Crippen LogP contribution in [0.25, 0.3) is 0 Å². The Morgan fingerprint density at radius 2 is 1.89 bits per heavy atom. The number of cyclic esters (lactones) is 1. The van der Waals surface area contributed by atoms with Gasteiger partial charge in [-0.1, -0.05) is 33.8 Å². The lowest BCUT2D eigenvalue weighted by Gasteiger charge is -2.39. The van der Waals surface area contributed by atoms with Crippen molar-refractivity contribution in [3.8, 4) is 0 Å². The van der Waals surface area contributed by atoms with E-state index in [1.54, 1.807) is 19.1 Å². The number of carbonyl (C=O) groups is 2. The Labute approximate surface area is 206 Å². The van der Waals surface area contributed by atoms with E-state index in [9.17, 15) is 14.0 Å². The van der Waals surface area contributed by atoms with Gasteiger partial charge < -0.3 is 20.8 Å². The van der Waals surface area contributed by atoms with Gasteiger partial charge in [-0.05, 0) is 72.6 Å². The zero-order chi connectivity index (χ0) is 25.8. The minimum Gasteiger partial charge on any atom is -0.438 e. The predicted molar refractivity (Wildman–Crippen MR) is 136 cm³/mol. The molecule has 2 amide bonds. The van der Waals surface area contributed by atoms with Gasteiger partial charge >= 0.3 is 12.0 Å². The molecule has 0 aliphatic carbocycles. The largest absolute Gasteiger partial charge is 0.438 e. The van der Waals surface area contributed by atoms with Gasteiger partial charge in [-0.3, -0.25) is 10.1 Å². The molecule has 2 atom stereocenters. The topological polar surface area (TPSA) is 103 Å². The zero-order valence-electron chi connectivity index (χ0n) is 21.0. The smallest absolute Gasteiger partial charge is 0.317 e. The lowest BCUT2D eigenvalue weighted by Crippen LogP contribution is -2.60. The Morgan fingerprint density at radius 3 is 2.46 bits per heavy atom. The van der Waals surface area contributed by atoms with Crippen molar-refractivity contribution in [1.82, 2.24) is 10.6 Å². The summed E-state index contributed by atoms with van der Waals surface area (Å²) in [5.74, 6) is -0.105. The first kappa shape index (κ1) is 26.2. The van der Waals surface area contributed by atoms with E-state index < -0.39 is 5.72 Å². The number of benzene rings is 2. The summed E-state index contributed by atoms with van der Waals surface area (Å²) in [6.45, 7) is 10.6. The van der Waals surface area contributed by atoms with Crippen molar-refractivity contribution in [2.24, 2.45) is 11.3 Å². The van der Waals surface area contributed by atoms with Crippen LogP contribution in [0.4, 0.5) is 20.6 Å². The van der Waals surface area contributed by atoms with Gasteiger partial charge in [0.2, 0.25) is 0 Å². The van der Waals surface area contributed by atoms with E-state index in [0.717, 1.165) is 28.9 Å². The minimum absolute atomic E-state index is 0.110. The highest BCUT2D eigenvalue weighted by atomic mass is 19.1. The molecule has 0 radical (unpaired) electrons. The second kappa shape index (κ2) is 10.5. The van der Waals surface area contributed by atoms with Crippen molar-refractivity contribution < 1.29 is 18.7 Å². The van der Waals surface area contributed by atoms with Gasteiger partial charge in [-0.15, -0.1) is 0 Å². The summed E-state index contributed by atoms with van der Waals surface area (Å²) in [5, 5.41) is 16.9. The molecule has 2 aromatic rings. The van der Waals surface area contributed by atoms with E-state index in [-0.39, 0.29) is 35.6 Å². The molecule has 0 bridgehead atoms. The standard InChI is InChI=1S/C27H35FN4O3/c1-17(2)12-22(26(3,4)16-30-25(34)32-27(5)14-24(33)35-27)18-6-11-23(19(13-18)15-29)31-21-9-7-20(28)8-10-21/h6-11,13,15,17,22,29,31H,12,14,16H2,1-5H3,(H2,30,32,34). The third-order valence-electron chi connectivity index (χ3n) is 6.31. The van der Waals surface area contributed by atoms with Gasteiger partial charge in [0, 0.05) is 29.7 Å². The van der Waals surface area contributed by atoms with Gasteiger partial charge in [0.15, 0.2) is 5.72 Å². The van der Waals surface area contributed by atoms with Crippen LogP contribution >= 0.6 is 0 Å². The fourth-order valence-corrected chi connectivity index (χ4v) is 4.40. The molecule has 4 N–H and O–H groups in total. The first-order valence-corrected chi connectivity index (χ1v) is 11.9. The number of carbonyl (C=O) groups excluding carboxylic acids is 2. The van der Waals surface area contributed by atoms with Crippen LogP contribution in [-0.4, -0.2) is 30.5 Å². The molecule has 8 heteroatoms. The van der Waals surface area contributed by atoms with Gasteiger partial charge in [-0.25, -0.2) is 9.18 Å². The fourth-order valence-electron chi connectivity index (χ4n) is 4.40. The Hall–Kier alpha value is -3.42. The number of nitrogens with one attached hydrogen (secondary N) is 4. The van der Waals surface area contributed by atoms with E-state index >= 15 is 0 Å². The number of ether oxygens (including phenoxy) is 1. The number of halogens is 1. The van der Waals surface area contributed by atoms with E-state index in [4.69, 9.17) is 10.1 Å². The molecular weight excluding hydrogens is 447 g/mol. The maximum atomic E-state index is 13.2. The SMILES string of the molecule is CC(C)CC(c1ccc(Nc2ccc(F)cc2)c(C=N)c1)C(C)(C)CNC(=O)NC1(C)CC(=O)O1. The minimum atomic E-state index is -0.950. The van der Waals surface area contributed by atoms with Crippen molar-refractivity contribution in [1.29, 1.82) is 5.41 Å². The summed E-state index contributed by atoms with van der Waals surface area (Å²) in [5.41, 5.74) is 2.05.